The first-order chi connectivity index (χ1) is 9.83. The molecular weight excluding hydrogens is 254 g/mol. The van der Waals surface area contributed by atoms with Crippen LogP contribution in [0.3, 0.4) is 0 Å². The van der Waals surface area contributed by atoms with Crippen LogP contribution in [0.25, 0.3) is 0 Å². The van der Waals surface area contributed by atoms with Crippen molar-refractivity contribution in [3.63, 3.8) is 0 Å². The Morgan fingerprint density at radius 2 is 2.00 bits per heavy atom. The predicted octanol–water partition coefficient (Wildman–Crippen LogP) is 2.43. The van der Waals surface area contributed by atoms with Gasteiger partial charge in [0.25, 0.3) is 5.79 Å². The van der Waals surface area contributed by atoms with Crippen LogP contribution in [-0.2, 0) is 4.74 Å². The lowest BCUT2D eigenvalue weighted by Gasteiger charge is -2.23. The smallest absolute Gasteiger partial charge is 0.265 e. The summed E-state index contributed by atoms with van der Waals surface area (Å²) in [6.45, 7) is 3.92. The third-order valence-electron chi connectivity index (χ3n) is 4.51. The Kier molecular flexibility index (Phi) is 3.08. The second kappa shape index (κ2) is 4.93. The van der Waals surface area contributed by atoms with Crippen molar-refractivity contribution in [3.05, 3.63) is 24.3 Å². The first-order valence-corrected chi connectivity index (χ1v) is 7.64. The molecule has 0 saturated carbocycles. The summed E-state index contributed by atoms with van der Waals surface area (Å²) < 4.78 is 17.8. The Morgan fingerprint density at radius 3 is 2.70 bits per heavy atom. The zero-order valence-corrected chi connectivity index (χ0v) is 11.7. The minimum Gasteiger partial charge on any atom is -0.447 e. The number of likely N-dealkylation sites (tertiary alicyclic amines) is 1. The van der Waals surface area contributed by atoms with Gasteiger partial charge in [-0.1, -0.05) is 12.1 Å². The number of hydrogen-bond donors (Lipinski definition) is 0. The van der Waals surface area contributed by atoms with Gasteiger partial charge in [0.15, 0.2) is 11.5 Å². The van der Waals surface area contributed by atoms with Gasteiger partial charge >= 0.3 is 0 Å². The molecule has 1 atom stereocenters. The van der Waals surface area contributed by atoms with E-state index in [1.807, 2.05) is 24.3 Å². The van der Waals surface area contributed by atoms with Crippen molar-refractivity contribution in [1.82, 2.24) is 4.90 Å². The van der Waals surface area contributed by atoms with Crippen LogP contribution in [0.1, 0.15) is 25.7 Å². The first kappa shape index (κ1) is 12.5. The van der Waals surface area contributed by atoms with E-state index in [0.717, 1.165) is 50.6 Å². The summed E-state index contributed by atoms with van der Waals surface area (Å²) >= 11 is 0. The third kappa shape index (κ3) is 2.27. The third-order valence-corrected chi connectivity index (χ3v) is 4.51. The van der Waals surface area contributed by atoms with Crippen LogP contribution in [0.5, 0.6) is 11.5 Å². The molecule has 0 amide bonds. The van der Waals surface area contributed by atoms with Crippen LogP contribution < -0.4 is 9.47 Å². The highest BCUT2D eigenvalue weighted by atomic mass is 16.7. The van der Waals surface area contributed by atoms with E-state index in [2.05, 4.69) is 4.90 Å². The zero-order chi connectivity index (χ0) is 13.4. The van der Waals surface area contributed by atoms with Crippen LogP contribution >= 0.6 is 0 Å². The van der Waals surface area contributed by atoms with Crippen molar-refractivity contribution in [2.45, 2.75) is 37.6 Å². The number of nitrogens with zero attached hydrogens (tertiary/aromatic N) is 1. The van der Waals surface area contributed by atoms with E-state index in [0.29, 0.717) is 6.10 Å². The highest BCUT2D eigenvalue weighted by Gasteiger charge is 2.47. The van der Waals surface area contributed by atoms with Gasteiger partial charge < -0.3 is 14.2 Å². The van der Waals surface area contributed by atoms with Crippen molar-refractivity contribution in [2.24, 2.45) is 0 Å². The number of ether oxygens (including phenoxy) is 3. The van der Waals surface area contributed by atoms with Crippen molar-refractivity contribution in [2.75, 3.05) is 26.2 Å². The second-order valence-corrected chi connectivity index (χ2v) is 6.01. The maximum Gasteiger partial charge on any atom is 0.265 e. The number of benzene rings is 1. The largest absolute Gasteiger partial charge is 0.447 e. The molecule has 4 rings (SSSR count). The van der Waals surface area contributed by atoms with Crippen molar-refractivity contribution in [1.29, 1.82) is 0 Å². The Bertz CT molecular complexity index is 459. The molecule has 20 heavy (non-hydrogen) atoms. The number of hydrogen-bond acceptors (Lipinski definition) is 4. The van der Waals surface area contributed by atoms with E-state index in [4.69, 9.17) is 14.2 Å². The number of rotatable bonds is 3. The molecule has 1 unspecified atom stereocenters. The second-order valence-electron chi connectivity index (χ2n) is 6.01. The fourth-order valence-electron chi connectivity index (χ4n) is 3.42. The van der Waals surface area contributed by atoms with Crippen molar-refractivity contribution >= 4 is 0 Å². The van der Waals surface area contributed by atoms with Gasteiger partial charge in [0, 0.05) is 26.1 Å². The Labute approximate surface area is 119 Å². The van der Waals surface area contributed by atoms with Crippen molar-refractivity contribution < 1.29 is 14.2 Å². The van der Waals surface area contributed by atoms with Gasteiger partial charge in [0.2, 0.25) is 0 Å². The maximum absolute atomic E-state index is 6.06. The molecule has 3 aliphatic rings. The van der Waals surface area contributed by atoms with Gasteiger partial charge in [-0.3, -0.25) is 4.90 Å². The molecular formula is C16H21NO3. The van der Waals surface area contributed by atoms with E-state index in [9.17, 15) is 0 Å². The quantitative estimate of drug-likeness (QED) is 0.847. The highest BCUT2D eigenvalue weighted by molar-refractivity contribution is 5.43. The molecule has 0 aromatic heterocycles. The SMILES string of the molecule is c1ccc2c(c1)OC1(CCN(CCC3CCCO3)C1)O2. The van der Waals surface area contributed by atoms with Gasteiger partial charge in [-0.25, -0.2) is 0 Å². The average molecular weight is 275 g/mol. The highest BCUT2D eigenvalue weighted by Crippen LogP contribution is 2.42. The molecule has 2 fully saturated rings. The van der Waals surface area contributed by atoms with Crippen LogP contribution in [-0.4, -0.2) is 43.0 Å². The minimum absolute atomic E-state index is 0.444. The van der Waals surface area contributed by atoms with Gasteiger partial charge in [0.05, 0.1) is 12.6 Å². The number of para-hydroxylation sites is 2. The average Bonchev–Trinajstić information content (AvgIpc) is 3.16. The standard InChI is InChI=1S/C16H21NO3/c1-2-6-15-14(5-1)19-16(20-15)8-10-17(12-16)9-7-13-4-3-11-18-13/h1-2,5-6,13H,3-4,7-12H2. The summed E-state index contributed by atoms with van der Waals surface area (Å²) in [5, 5.41) is 0. The molecule has 1 aromatic carbocycles. The Morgan fingerprint density at radius 1 is 1.20 bits per heavy atom. The molecule has 3 heterocycles. The molecule has 0 N–H and O–H groups in total. The summed E-state index contributed by atoms with van der Waals surface area (Å²) in [5.41, 5.74) is 0. The molecule has 0 bridgehead atoms. The van der Waals surface area contributed by atoms with Gasteiger partial charge in [-0.15, -0.1) is 0 Å². The molecule has 1 aromatic rings. The van der Waals surface area contributed by atoms with Crippen LogP contribution in [0, 0.1) is 0 Å². The van der Waals surface area contributed by atoms with Gasteiger partial charge in [-0.05, 0) is 31.4 Å². The Hall–Kier alpha value is -1.26. The topological polar surface area (TPSA) is 30.9 Å². The minimum atomic E-state index is -0.444. The van der Waals surface area contributed by atoms with Crippen LogP contribution in [0.15, 0.2) is 24.3 Å². The van der Waals surface area contributed by atoms with Gasteiger partial charge in [0.1, 0.15) is 0 Å². The molecule has 0 aliphatic carbocycles. The fraction of sp³-hybridized carbons (Fsp3) is 0.625. The molecule has 3 aliphatic heterocycles. The van der Waals surface area contributed by atoms with Crippen LogP contribution in [0.4, 0.5) is 0 Å². The predicted molar refractivity (Wildman–Crippen MR) is 75.1 cm³/mol. The normalized spacial score (nSPS) is 27.5. The van der Waals surface area contributed by atoms with Gasteiger partial charge in [-0.2, -0.15) is 0 Å². The molecule has 0 radical (unpaired) electrons. The number of fused-ring (bicyclic) bond motifs is 1. The van der Waals surface area contributed by atoms with E-state index in [1.165, 1.54) is 12.8 Å². The lowest BCUT2D eigenvalue weighted by atomic mass is 10.2. The molecule has 4 heteroatoms. The van der Waals surface area contributed by atoms with E-state index in [-0.39, 0.29) is 0 Å². The van der Waals surface area contributed by atoms with Crippen molar-refractivity contribution in [3.8, 4) is 11.5 Å². The molecule has 1 spiro atoms. The summed E-state index contributed by atoms with van der Waals surface area (Å²) in [6, 6.07) is 7.95. The monoisotopic (exact) mass is 275 g/mol. The maximum atomic E-state index is 6.06. The van der Waals surface area contributed by atoms with Crippen LogP contribution in [0.2, 0.25) is 0 Å². The lowest BCUT2D eigenvalue weighted by Crippen LogP contribution is -2.41. The molecule has 108 valence electrons. The first-order valence-electron chi connectivity index (χ1n) is 7.64. The van der Waals surface area contributed by atoms with E-state index >= 15 is 0 Å². The summed E-state index contributed by atoms with van der Waals surface area (Å²) in [6.07, 6.45) is 4.97. The molecule has 4 nitrogen and oxygen atoms in total. The van der Waals surface area contributed by atoms with E-state index in [1.54, 1.807) is 0 Å². The summed E-state index contributed by atoms with van der Waals surface area (Å²) in [7, 11) is 0. The Balaban J connectivity index is 1.34. The fourth-order valence-corrected chi connectivity index (χ4v) is 3.42. The summed E-state index contributed by atoms with van der Waals surface area (Å²) in [4.78, 5) is 2.44. The van der Waals surface area contributed by atoms with E-state index < -0.39 is 5.79 Å². The molecule has 2 saturated heterocycles. The summed E-state index contributed by atoms with van der Waals surface area (Å²) in [5.74, 6) is 1.32. The zero-order valence-electron chi connectivity index (χ0n) is 11.7. The lowest BCUT2D eigenvalue weighted by molar-refractivity contribution is -0.0678.